The maximum Gasteiger partial charge on any atom is 0.209 e. The van der Waals surface area contributed by atoms with Crippen LogP contribution in [0, 0.1) is 16.7 Å². The van der Waals surface area contributed by atoms with Crippen molar-refractivity contribution < 1.29 is 4.79 Å². The fourth-order valence-corrected chi connectivity index (χ4v) is 5.05. The molecule has 6 heteroatoms. The molecular weight excluding hydrogens is 248 g/mol. The van der Waals surface area contributed by atoms with Gasteiger partial charge in [-0.2, -0.15) is 0 Å². The molecule has 5 nitrogen and oxygen atoms in total. The van der Waals surface area contributed by atoms with Gasteiger partial charge in [0.1, 0.15) is 5.78 Å². The largest absolute Gasteiger partial charge is 0.298 e. The summed E-state index contributed by atoms with van der Waals surface area (Å²) in [5.74, 6) is 0.600. The lowest BCUT2D eigenvalue weighted by atomic mass is 9.71. The predicted octanol–water partition coefficient (Wildman–Crippen LogP) is 1.70. The third-order valence-corrected chi connectivity index (χ3v) is 6.83. The van der Waals surface area contributed by atoms with Gasteiger partial charge in [-0.15, -0.1) is 5.10 Å². The van der Waals surface area contributed by atoms with Crippen molar-refractivity contribution in [2.75, 3.05) is 0 Å². The molecule has 1 aromatic rings. The third-order valence-electron chi connectivity index (χ3n) is 5.28. The maximum atomic E-state index is 12.5. The Labute approximate surface area is 111 Å². The topological polar surface area (TPSA) is 60.7 Å². The van der Waals surface area contributed by atoms with Crippen LogP contribution >= 0.6 is 11.8 Å². The first-order valence-electron chi connectivity index (χ1n) is 6.30. The highest BCUT2D eigenvalue weighted by atomic mass is 32.2. The van der Waals surface area contributed by atoms with Gasteiger partial charge in [-0.3, -0.25) is 4.79 Å². The molecule has 0 amide bonds. The summed E-state index contributed by atoms with van der Waals surface area (Å²) >= 11 is 1.53. The van der Waals surface area contributed by atoms with Gasteiger partial charge >= 0.3 is 0 Å². The van der Waals surface area contributed by atoms with E-state index in [2.05, 4.69) is 36.3 Å². The molecule has 0 aromatic carbocycles. The van der Waals surface area contributed by atoms with E-state index >= 15 is 0 Å². The number of Topliss-reactive ketones (excluding diaryl/α,β-unsaturated/α-hetero) is 1. The molecule has 2 saturated carbocycles. The van der Waals surface area contributed by atoms with Crippen LogP contribution in [0.1, 0.15) is 33.6 Å². The lowest BCUT2D eigenvalue weighted by Crippen LogP contribution is -2.35. The first-order valence-corrected chi connectivity index (χ1v) is 7.18. The molecule has 2 bridgehead atoms. The van der Waals surface area contributed by atoms with Crippen LogP contribution < -0.4 is 0 Å². The van der Waals surface area contributed by atoms with Crippen molar-refractivity contribution in [2.24, 2.45) is 23.8 Å². The van der Waals surface area contributed by atoms with Crippen LogP contribution in [-0.4, -0.2) is 31.2 Å². The van der Waals surface area contributed by atoms with Crippen molar-refractivity contribution in [3.63, 3.8) is 0 Å². The van der Waals surface area contributed by atoms with Crippen molar-refractivity contribution in [2.45, 2.75) is 44.0 Å². The van der Waals surface area contributed by atoms with E-state index in [4.69, 9.17) is 0 Å². The smallest absolute Gasteiger partial charge is 0.209 e. The number of rotatable bonds is 2. The second-order valence-corrected chi connectivity index (χ2v) is 7.29. The standard InChI is InChI=1S/C12H18N4OS/c1-11(2)7-5-6-12(11,3)9(8(7)17)18-10-13-14-15-16(10)4/h7,9H,5-6H2,1-4H3/t7-,9+,12+/m0/s1. The lowest BCUT2D eigenvalue weighted by Gasteiger charge is -2.37. The molecule has 1 aromatic heterocycles. The Balaban J connectivity index is 1.95. The highest BCUT2D eigenvalue weighted by Crippen LogP contribution is 2.67. The summed E-state index contributed by atoms with van der Waals surface area (Å²) in [6.45, 7) is 6.72. The van der Waals surface area contributed by atoms with Crippen molar-refractivity contribution >= 4 is 17.5 Å². The third kappa shape index (κ3) is 1.30. The number of ketones is 1. The van der Waals surface area contributed by atoms with Gasteiger partial charge in [0.15, 0.2) is 0 Å². The molecule has 0 unspecified atom stereocenters. The van der Waals surface area contributed by atoms with Gasteiger partial charge in [0, 0.05) is 13.0 Å². The molecule has 0 spiro atoms. The Morgan fingerprint density at radius 3 is 2.61 bits per heavy atom. The van der Waals surface area contributed by atoms with Gasteiger partial charge in [-0.05, 0) is 34.1 Å². The molecule has 2 aliphatic carbocycles. The number of fused-ring (bicyclic) bond motifs is 2. The van der Waals surface area contributed by atoms with Crippen LogP contribution in [0.2, 0.25) is 0 Å². The average molecular weight is 266 g/mol. The molecule has 2 aliphatic rings. The van der Waals surface area contributed by atoms with E-state index in [1.807, 2.05) is 7.05 Å². The Hall–Kier alpha value is -0.910. The van der Waals surface area contributed by atoms with Gasteiger partial charge in [0.2, 0.25) is 5.16 Å². The molecule has 0 radical (unpaired) electrons. The summed E-state index contributed by atoms with van der Waals surface area (Å²) in [5.41, 5.74) is 0.152. The summed E-state index contributed by atoms with van der Waals surface area (Å²) in [7, 11) is 1.81. The highest BCUT2D eigenvalue weighted by Gasteiger charge is 2.66. The van der Waals surface area contributed by atoms with Gasteiger partial charge in [-0.25, -0.2) is 4.68 Å². The molecule has 0 saturated heterocycles. The van der Waals surface area contributed by atoms with E-state index in [-0.39, 0.29) is 22.0 Å². The zero-order valence-corrected chi connectivity index (χ0v) is 12.0. The van der Waals surface area contributed by atoms with E-state index in [0.29, 0.717) is 5.78 Å². The first-order chi connectivity index (χ1) is 8.38. The molecule has 3 rings (SSSR count). The van der Waals surface area contributed by atoms with E-state index in [0.717, 1.165) is 18.0 Å². The molecular formula is C12H18N4OS. The highest BCUT2D eigenvalue weighted by molar-refractivity contribution is 8.00. The van der Waals surface area contributed by atoms with Crippen molar-refractivity contribution in [3.8, 4) is 0 Å². The summed E-state index contributed by atoms with van der Waals surface area (Å²) in [4.78, 5) is 12.5. The van der Waals surface area contributed by atoms with Crippen molar-refractivity contribution in [1.29, 1.82) is 0 Å². The number of tetrazole rings is 1. The van der Waals surface area contributed by atoms with Crippen LogP contribution in [0.3, 0.4) is 0 Å². The Morgan fingerprint density at radius 1 is 1.39 bits per heavy atom. The Kier molecular flexibility index (Phi) is 2.40. The monoisotopic (exact) mass is 266 g/mol. The normalized spacial score (nSPS) is 37.4. The van der Waals surface area contributed by atoms with Gasteiger partial charge in [0.05, 0.1) is 5.25 Å². The number of hydrogen-bond donors (Lipinski definition) is 0. The van der Waals surface area contributed by atoms with Crippen LogP contribution in [-0.2, 0) is 11.8 Å². The number of nitrogens with zero attached hydrogens (tertiary/aromatic N) is 4. The van der Waals surface area contributed by atoms with Crippen LogP contribution in [0.4, 0.5) is 0 Å². The predicted molar refractivity (Wildman–Crippen MR) is 68.1 cm³/mol. The van der Waals surface area contributed by atoms with Crippen LogP contribution in [0.5, 0.6) is 0 Å². The average Bonchev–Trinajstić information content (AvgIpc) is 2.82. The minimum Gasteiger partial charge on any atom is -0.298 e. The van der Waals surface area contributed by atoms with E-state index in [1.54, 1.807) is 4.68 Å². The zero-order chi connectivity index (χ0) is 13.1. The number of carbonyl (C=O) groups excluding carboxylic acids is 1. The maximum absolute atomic E-state index is 12.5. The van der Waals surface area contributed by atoms with E-state index in [9.17, 15) is 4.79 Å². The number of thioether (sulfide) groups is 1. The molecule has 98 valence electrons. The fourth-order valence-electron chi connectivity index (χ4n) is 3.60. The minimum atomic E-state index is -0.00375. The second-order valence-electron chi connectivity index (χ2n) is 6.22. The van der Waals surface area contributed by atoms with Gasteiger partial charge < -0.3 is 0 Å². The lowest BCUT2D eigenvalue weighted by molar-refractivity contribution is -0.122. The molecule has 2 fully saturated rings. The molecule has 0 N–H and O–H groups in total. The fraction of sp³-hybridized carbons (Fsp3) is 0.833. The minimum absolute atomic E-state index is 0.00375. The second kappa shape index (κ2) is 3.56. The number of carbonyl (C=O) groups is 1. The van der Waals surface area contributed by atoms with Gasteiger partial charge in [0.25, 0.3) is 0 Å². The molecule has 18 heavy (non-hydrogen) atoms. The van der Waals surface area contributed by atoms with E-state index < -0.39 is 0 Å². The molecule has 0 aliphatic heterocycles. The van der Waals surface area contributed by atoms with Gasteiger partial charge in [-0.1, -0.05) is 32.5 Å². The summed E-state index contributed by atoms with van der Waals surface area (Å²) in [6, 6.07) is 0. The first kappa shape index (κ1) is 12.1. The number of aromatic nitrogens is 4. The summed E-state index contributed by atoms with van der Waals surface area (Å²) in [5, 5.41) is 12.2. The SMILES string of the molecule is Cn1nnnc1S[C@@H]1C(=O)[C@@H]2CC[C@@]1(C)C2(C)C. The Bertz CT molecular complexity index is 512. The van der Waals surface area contributed by atoms with Crippen molar-refractivity contribution in [1.82, 2.24) is 20.2 Å². The number of hydrogen-bond acceptors (Lipinski definition) is 5. The number of aryl methyl sites for hydroxylation is 1. The van der Waals surface area contributed by atoms with Crippen LogP contribution in [0.15, 0.2) is 5.16 Å². The quantitative estimate of drug-likeness (QED) is 0.815. The van der Waals surface area contributed by atoms with E-state index in [1.165, 1.54) is 11.8 Å². The molecule has 1 heterocycles. The summed E-state index contributed by atoms with van der Waals surface area (Å²) < 4.78 is 1.64. The molecule has 3 atom stereocenters. The van der Waals surface area contributed by atoms with Crippen molar-refractivity contribution in [3.05, 3.63) is 0 Å². The Morgan fingerprint density at radius 2 is 2.11 bits per heavy atom. The summed E-state index contributed by atoms with van der Waals surface area (Å²) in [6.07, 6.45) is 2.16. The van der Waals surface area contributed by atoms with Crippen LogP contribution in [0.25, 0.3) is 0 Å². The zero-order valence-electron chi connectivity index (χ0n) is 11.2.